The van der Waals surface area contributed by atoms with E-state index in [0.29, 0.717) is 6.61 Å². The molecule has 104 valence electrons. The number of hydrogen-bond donors (Lipinski definition) is 1. The SMILES string of the molecule is COCCCCNc1nc(C)cn1C(C)COC. The van der Waals surface area contributed by atoms with Crippen LogP contribution in [-0.2, 0) is 9.47 Å². The van der Waals surface area contributed by atoms with Crippen LogP contribution in [0.2, 0.25) is 0 Å². The summed E-state index contributed by atoms with van der Waals surface area (Å²) in [5, 5.41) is 3.37. The maximum atomic E-state index is 5.19. The average Bonchev–Trinajstić information content (AvgIpc) is 2.71. The normalized spacial score (nSPS) is 12.7. The van der Waals surface area contributed by atoms with Crippen LogP contribution in [0.4, 0.5) is 5.95 Å². The molecule has 1 aromatic heterocycles. The van der Waals surface area contributed by atoms with Gasteiger partial charge in [-0.2, -0.15) is 0 Å². The van der Waals surface area contributed by atoms with Gasteiger partial charge in [-0.1, -0.05) is 0 Å². The van der Waals surface area contributed by atoms with Crippen LogP contribution in [0, 0.1) is 6.92 Å². The molecular formula is C13H25N3O2. The smallest absolute Gasteiger partial charge is 0.203 e. The van der Waals surface area contributed by atoms with Crippen molar-refractivity contribution in [3.8, 4) is 0 Å². The number of imidazole rings is 1. The van der Waals surface area contributed by atoms with Crippen LogP contribution >= 0.6 is 0 Å². The number of methoxy groups -OCH3 is 2. The molecule has 1 atom stereocenters. The highest BCUT2D eigenvalue weighted by Crippen LogP contribution is 2.16. The Labute approximate surface area is 109 Å². The van der Waals surface area contributed by atoms with Crippen molar-refractivity contribution < 1.29 is 9.47 Å². The van der Waals surface area contributed by atoms with Crippen molar-refractivity contribution in [2.24, 2.45) is 0 Å². The van der Waals surface area contributed by atoms with Crippen molar-refractivity contribution in [3.63, 3.8) is 0 Å². The maximum absolute atomic E-state index is 5.19. The lowest BCUT2D eigenvalue weighted by atomic mass is 10.3. The molecule has 18 heavy (non-hydrogen) atoms. The highest BCUT2D eigenvalue weighted by molar-refractivity contribution is 5.29. The number of anilines is 1. The van der Waals surface area contributed by atoms with Crippen LogP contribution in [0.1, 0.15) is 31.5 Å². The van der Waals surface area contributed by atoms with E-state index in [1.807, 2.05) is 6.92 Å². The fourth-order valence-electron chi connectivity index (χ4n) is 1.88. The first kappa shape index (κ1) is 15.0. The summed E-state index contributed by atoms with van der Waals surface area (Å²) in [6.07, 6.45) is 4.20. The standard InChI is InChI=1S/C13H25N3O2/c1-11-9-16(12(2)10-18-4)13(15-11)14-7-5-6-8-17-3/h9,12H,5-8,10H2,1-4H3,(H,14,15). The molecule has 1 N–H and O–H groups in total. The number of rotatable bonds is 9. The minimum Gasteiger partial charge on any atom is -0.385 e. The molecule has 0 radical (unpaired) electrons. The first-order chi connectivity index (χ1) is 8.69. The lowest BCUT2D eigenvalue weighted by Gasteiger charge is -2.16. The van der Waals surface area contributed by atoms with Gasteiger partial charge < -0.3 is 19.4 Å². The summed E-state index contributed by atoms with van der Waals surface area (Å²) in [5.41, 5.74) is 1.03. The monoisotopic (exact) mass is 255 g/mol. The Hall–Kier alpha value is -1.07. The Morgan fingerprint density at radius 3 is 2.78 bits per heavy atom. The second kappa shape index (κ2) is 8.11. The fourth-order valence-corrected chi connectivity index (χ4v) is 1.88. The van der Waals surface area contributed by atoms with Crippen LogP contribution in [0.15, 0.2) is 6.20 Å². The summed E-state index contributed by atoms with van der Waals surface area (Å²) >= 11 is 0. The van der Waals surface area contributed by atoms with Crippen LogP contribution in [0.25, 0.3) is 0 Å². The summed E-state index contributed by atoms with van der Waals surface area (Å²) in [4.78, 5) is 4.50. The number of nitrogens with zero attached hydrogens (tertiary/aromatic N) is 2. The number of hydrogen-bond acceptors (Lipinski definition) is 4. The van der Waals surface area contributed by atoms with E-state index >= 15 is 0 Å². The summed E-state index contributed by atoms with van der Waals surface area (Å²) in [6.45, 7) is 6.55. The zero-order valence-corrected chi connectivity index (χ0v) is 11.9. The van der Waals surface area contributed by atoms with Gasteiger partial charge in [-0.3, -0.25) is 0 Å². The number of ether oxygens (including phenoxy) is 2. The van der Waals surface area contributed by atoms with Gasteiger partial charge in [0.2, 0.25) is 5.95 Å². The molecule has 1 rings (SSSR count). The Balaban J connectivity index is 2.48. The van der Waals surface area contributed by atoms with Gasteiger partial charge in [-0.05, 0) is 26.7 Å². The van der Waals surface area contributed by atoms with Gasteiger partial charge in [-0.25, -0.2) is 4.98 Å². The third kappa shape index (κ3) is 4.66. The average molecular weight is 255 g/mol. The van der Waals surface area contributed by atoms with E-state index in [2.05, 4.69) is 28.0 Å². The van der Waals surface area contributed by atoms with E-state index in [9.17, 15) is 0 Å². The van der Waals surface area contributed by atoms with Gasteiger partial charge >= 0.3 is 0 Å². The van der Waals surface area contributed by atoms with Crippen molar-refractivity contribution in [3.05, 3.63) is 11.9 Å². The summed E-state index contributed by atoms with van der Waals surface area (Å²) in [7, 11) is 3.45. The quantitative estimate of drug-likeness (QED) is 0.687. The first-order valence-electron chi connectivity index (χ1n) is 6.46. The number of aromatic nitrogens is 2. The van der Waals surface area contributed by atoms with E-state index in [4.69, 9.17) is 9.47 Å². The third-order valence-corrected chi connectivity index (χ3v) is 2.79. The molecule has 0 aromatic carbocycles. The lowest BCUT2D eigenvalue weighted by Crippen LogP contribution is -2.15. The van der Waals surface area contributed by atoms with Gasteiger partial charge in [0.25, 0.3) is 0 Å². The molecule has 0 bridgehead atoms. The van der Waals surface area contributed by atoms with Crippen molar-refractivity contribution in [1.29, 1.82) is 0 Å². The predicted molar refractivity (Wildman–Crippen MR) is 73.2 cm³/mol. The van der Waals surface area contributed by atoms with E-state index in [1.54, 1.807) is 14.2 Å². The fraction of sp³-hybridized carbons (Fsp3) is 0.769. The molecule has 5 nitrogen and oxygen atoms in total. The van der Waals surface area contributed by atoms with E-state index < -0.39 is 0 Å². The topological polar surface area (TPSA) is 48.3 Å². The zero-order valence-electron chi connectivity index (χ0n) is 11.9. The van der Waals surface area contributed by atoms with Gasteiger partial charge in [0.05, 0.1) is 18.3 Å². The second-order valence-electron chi connectivity index (χ2n) is 4.54. The Morgan fingerprint density at radius 1 is 1.33 bits per heavy atom. The predicted octanol–water partition coefficient (Wildman–Crippen LogP) is 2.24. The molecule has 0 amide bonds. The maximum Gasteiger partial charge on any atom is 0.203 e. The molecular weight excluding hydrogens is 230 g/mol. The zero-order chi connectivity index (χ0) is 13.4. The van der Waals surface area contributed by atoms with Crippen molar-refractivity contribution in [2.45, 2.75) is 32.7 Å². The number of aryl methyl sites for hydroxylation is 1. The number of unbranched alkanes of at least 4 members (excludes halogenated alkanes) is 1. The highest BCUT2D eigenvalue weighted by Gasteiger charge is 2.11. The lowest BCUT2D eigenvalue weighted by molar-refractivity contribution is 0.163. The third-order valence-electron chi connectivity index (χ3n) is 2.79. The highest BCUT2D eigenvalue weighted by atomic mass is 16.5. The van der Waals surface area contributed by atoms with E-state index in [-0.39, 0.29) is 6.04 Å². The molecule has 0 aliphatic carbocycles. The molecule has 0 aliphatic rings. The summed E-state index contributed by atoms with van der Waals surface area (Å²) in [6, 6.07) is 0.290. The van der Waals surface area contributed by atoms with E-state index in [0.717, 1.165) is 37.6 Å². The van der Waals surface area contributed by atoms with Gasteiger partial charge in [0, 0.05) is 33.6 Å². The van der Waals surface area contributed by atoms with Crippen molar-refractivity contribution >= 4 is 5.95 Å². The Bertz CT molecular complexity index is 339. The number of nitrogens with one attached hydrogen (secondary N) is 1. The minimum atomic E-state index is 0.290. The van der Waals surface area contributed by atoms with Gasteiger partial charge in [0.1, 0.15) is 0 Å². The van der Waals surface area contributed by atoms with Crippen LogP contribution in [0.3, 0.4) is 0 Å². The molecule has 0 spiro atoms. The first-order valence-corrected chi connectivity index (χ1v) is 6.46. The summed E-state index contributed by atoms with van der Waals surface area (Å²) in [5.74, 6) is 0.925. The Kier molecular flexibility index (Phi) is 6.75. The Morgan fingerprint density at radius 2 is 2.11 bits per heavy atom. The van der Waals surface area contributed by atoms with Gasteiger partial charge in [0.15, 0.2) is 0 Å². The molecule has 1 unspecified atom stereocenters. The van der Waals surface area contributed by atoms with Crippen LogP contribution < -0.4 is 5.32 Å². The molecule has 0 saturated heterocycles. The largest absolute Gasteiger partial charge is 0.385 e. The molecule has 1 aromatic rings. The second-order valence-corrected chi connectivity index (χ2v) is 4.54. The molecule has 0 aliphatic heterocycles. The minimum absolute atomic E-state index is 0.290. The molecule has 5 heteroatoms. The molecule has 0 saturated carbocycles. The van der Waals surface area contributed by atoms with Crippen molar-refractivity contribution in [2.75, 3.05) is 39.3 Å². The molecule has 0 fully saturated rings. The molecule has 1 heterocycles. The van der Waals surface area contributed by atoms with Gasteiger partial charge in [-0.15, -0.1) is 0 Å². The van der Waals surface area contributed by atoms with E-state index in [1.165, 1.54) is 0 Å². The summed E-state index contributed by atoms with van der Waals surface area (Å²) < 4.78 is 12.3. The van der Waals surface area contributed by atoms with Crippen molar-refractivity contribution in [1.82, 2.24) is 9.55 Å². The van der Waals surface area contributed by atoms with Crippen LogP contribution in [0.5, 0.6) is 0 Å². The van der Waals surface area contributed by atoms with Crippen LogP contribution in [-0.4, -0.2) is 43.5 Å².